The number of carbonyl (C=O) groups excluding carboxylic acids is 1. The van der Waals surface area contributed by atoms with Gasteiger partial charge in [-0.3, -0.25) is 4.79 Å². The summed E-state index contributed by atoms with van der Waals surface area (Å²) in [5.74, 6) is 1.46. The summed E-state index contributed by atoms with van der Waals surface area (Å²) in [4.78, 5) is 15.6. The molecule has 2 fully saturated rings. The van der Waals surface area contributed by atoms with E-state index in [1.165, 1.54) is 83.5 Å². The molecule has 7 atom stereocenters. The standard InChI is InChI=1S/C43H72FNO3/c1-4-6-8-10-12-13-14-15-19-23-40(48)45(28-20-16-11-9-7-5-2)29-21-17-18-22-33-30-34-31-35(46)24-25-36(34)42-38(44)32-43(3)37(41(33)42)26-27-39(43)47/h24-25,31,33,37-39,41-42,46-47H,4-23,26-30,32H2,1-3H3/t33-,37?,38+,39+,41?,42?,43+/m1/s1. The lowest BCUT2D eigenvalue weighted by Crippen LogP contribution is -2.51. The summed E-state index contributed by atoms with van der Waals surface area (Å²) < 4.78 is 16.1. The fraction of sp³-hybridized carbons (Fsp3) is 0.837. The van der Waals surface area contributed by atoms with Gasteiger partial charge in [0.2, 0.25) is 5.91 Å². The number of unbranched alkanes of at least 4 members (excludes halogenated alkanes) is 15. The van der Waals surface area contributed by atoms with Crippen molar-refractivity contribution in [2.45, 2.75) is 193 Å². The van der Waals surface area contributed by atoms with Crippen molar-refractivity contribution in [3.05, 3.63) is 29.3 Å². The number of fused-ring (bicyclic) bond motifs is 5. The number of aromatic hydroxyl groups is 1. The molecule has 1 amide bonds. The quantitative estimate of drug-likeness (QED) is 0.114. The Morgan fingerprint density at radius 3 is 2.06 bits per heavy atom. The number of alkyl halides is 1. The zero-order valence-electron chi connectivity index (χ0n) is 31.2. The van der Waals surface area contributed by atoms with Gasteiger partial charge in [0.1, 0.15) is 11.9 Å². The number of halogens is 1. The molecular weight excluding hydrogens is 597 g/mol. The first-order chi connectivity index (χ1) is 23.3. The molecule has 3 unspecified atom stereocenters. The predicted molar refractivity (Wildman–Crippen MR) is 198 cm³/mol. The fourth-order valence-corrected chi connectivity index (χ4v) is 10.1. The van der Waals surface area contributed by atoms with E-state index in [1.54, 1.807) is 6.07 Å². The van der Waals surface area contributed by atoms with Gasteiger partial charge in [0.25, 0.3) is 0 Å². The summed E-state index contributed by atoms with van der Waals surface area (Å²) in [5.41, 5.74) is 1.89. The van der Waals surface area contributed by atoms with Gasteiger partial charge in [-0.15, -0.1) is 0 Å². The molecule has 2 saturated carbocycles. The molecule has 5 heteroatoms. The van der Waals surface area contributed by atoms with Crippen LogP contribution in [-0.2, 0) is 11.2 Å². The monoisotopic (exact) mass is 670 g/mol. The minimum absolute atomic E-state index is 0.130. The Hall–Kier alpha value is -1.62. The minimum Gasteiger partial charge on any atom is -0.508 e. The third-order valence-corrected chi connectivity index (χ3v) is 12.9. The Kier molecular flexibility index (Phi) is 16.6. The average molecular weight is 670 g/mol. The maximum absolute atomic E-state index is 16.1. The topological polar surface area (TPSA) is 60.8 Å². The highest BCUT2D eigenvalue weighted by Crippen LogP contribution is 2.63. The van der Waals surface area contributed by atoms with Crippen molar-refractivity contribution in [1.29, 1.82) is 0 Å². The van der Waals surface area contributed by atoms with E-state index >= 15 is 4.39 Å². The van der Waals surface area contributed by atoms with Crippen LogP contribution in [0.5, 0.6) is 5.75 Å². The Bertz CT molecular complexity index is 1080. The zero-order valence-corrected chi connectivity index (χ0v) is 31.2. The van der Waals surface area contributed by atoms with Crippen molar-refractivity contribution in [3.63, 3.8) is 0 Å². The van der Waals surface area contributed by atoms with Crippen LogP contribution in [0.15, 0.2) is 18.2 Å². The maximum Gasteiger partial charge on any atom is 0.222 e. The molecule has 0 spiro atoms. The number of aliphatic hydroxyl groups excluding tert-OH is 1. The number of benzene rings is 1. The second-order valence-corrected chi connectivity index (χ2v) is 16.5. The number of hydrogen-bond acceptors (Lipinski definition) is 3. The summed E-state index contributed by atoms with van der Waals surface area (Å²) in [5, 5.41) is 21.3. The van der Waals surface area contributed by atoms with Crippen LogP contribution in [0.4, 0.5) is 4.39 Å². The Morgan fingerprint density at radius 1 is 0.833 bits per heavy atom. The highest BCUT2D eigenvalue weighted by Gasteiger charge is 2.59. The molecule has 2 N–H and O–H groups in total. The van der Waals surface area contributed by atoms with Crippen LogP contribution in [0.25, 0.3) is 0 Å². The van der Waals surface area contributed by atoms with Gasteiger partial charge in [-0.1, -0.05) is 123 Å². The van der Waals surface area contributed by atoms with E-state index in [1.807, 2.05) is 12.1 Å². The maximum atomic E-state index is 16.1. The van der Waals surface area contributed by atoms with Gasteiger partial charge >= 0.3 is 0 Å². The molecule has 3 aliphatic rings. The number of phenols is 1. The molecular formula is C43H72FNO3. The summed E-state index contributed by atoms with van der Waals surface area (Å²) in [6.07, 6.45) is 25.6. The smallest absolute Gasteiger partial charge is 0.222 e. The number of carbonyl (C=O) groups is 1. The summed E-state index contributed by atoms with van der Waals surface area (Å²) in [6, 6.07) is 5.58. The first kappa shape index (κ1) is 39.2. The van der Waals surface area contributed by atoms with E-state index in [9.17, 15) is 15.0 Å². The van der Waals surface area contributed by atoms with Crippen molar-refractivity contribution >= 4 is 5.91 Å². The molecule has 0 aromatic heterocycles. The summed E-state index contributed by atoms with van der Waals surface area (Å²) in [7, 11) is 0. The van der Waals surface area contributed by atoms with Gasteiger partial charge in [0, 0.05) is 25.4 Å². The molecule has 0 aliphatic heterocycles. The van der Waals surface area contributed by atoms with Crippen molar-refractivity contribution in [2.75, 3.05) is 13.1 Å². The van der Waals surface area contributed by atoms with Gasteiger partial charge in [-0.2, -0.15) is 0 Å². The SMILES string of the molecule is CCCCCCCCCCCC(=O)N(CCCCCCCC)CCCCC[C@@H]1Cc2cc(O)ccc2C2C1C1CC[C@H](O)[C@@]1(C)C[C@@H]2F. The Labute approximate surface area is 294 Å². The van der Waals surface area contributed by atoms with Crippen LogP contribution in [0, 0.1) is 23.2 Å². The molecule has 0 saturated heterocycles. The number of amides is 1. The minimum atomic E-state index is -0.956. The van der Waals surface area contributed by atoms with E-state index in [2.05, 4.69) is 25.7 Å². The van der Waals surface area contributed by atoms with Crippen molar-refractivity contribution < 1.29 is 19.4 Å². The third-order valence-electron chi connectivity index (χ3n) is 12.9. The Morgan fingerprint density at radius 2 is 1.42 bits per heavy atom. The van der Waals surface area contributed by atoms with Crippen molar-refractivity contribution in [2.24, 2.45) is 23.2 Å². The number of nitrogens with zero attached hydrogens (tertiary/aromatic N) is 1. The molecule has 3 aliphatic carbocycles. The van der Waals surface area contributed by atoms with Crippen LogP contribution in [-0.4, -0.2) is 46.4 Å². The highest BCUT2D eigenvalue weighted by atomic mass is 19.1. The van der Waals surface area contributed by atoms with Crippen LogP contribution < -0.4 is 0 Å². The predicted octanol–water partition coefficient (Wildman–Crippen LogP) is 11.5. The number of aliphatic hydroxyl groups is 1. The molecule has 48 heavy (non-hydrogen) atoms. The molecule has 1 aromatic carbocycles. The lowest BCUT2D eigenvalue weighted by molar-refractivity contribution is -0.131. The molecule has 4 rings (SSSR count). The van der Waals surface area contributed by atoms with Crippen molar-refractivity contribution in [3.8, 4) is 5.75 Å². The van der Waals surface area contributed by atoms with Gasteiger partial charge < -0.3 is 15.1 Å². The van der Waals surface area contributed by atoms with Gasteiger partial charge in [0.05, 0.1) is 6.10 Å². The number of phenolic OH excluding ortho intramolecular Hbond substituents is 1. The summed E-state index contributed by atoms with van der Waals surface area (Å²) >= 11 is 0. The lowest BCUT2D eigenvalue weighted by Gasteiger charge is -2.54. The van der Waals surface area contributed by atoms with E-state index in [-0.39, 0.29) is 23.0 Å². The number of rotatable bonds is 23. The van der Waals surface area contributed by atoms with Gasteiger partial charge in [0.15, 0.2) is 0 Å². The normalized spacial score (nSPS) is 27.8. The van der Waals surface area contributed by atoms with Crippen LogP contribution >= 0.6 is 0 Å². The summed E-state index contributed by atoms with van der Waals surface area (Å²) in [6.45, 7) is 8.42. The number of hydrogen-bond donors (Lipinski definition) is 2. The third kappa shape index (κ3) is 10.7. The van der Waals surface area contributed by atoms with E-state index in [0.29, 0.717) is 30.6 Å². The second kappa shape index (κ2) is 20.3. The van der Waals surface area contributed by atoms with E-state index < -0.39 is 12.3 Å². The van der Waals surface area contributed by atoms with Gasteiger partial charge in [-0.25, -0.2) is 4.39 Å². The van der Waals surface area contributed by atoms with E-state index in [0.717, 1.165) is 82.0 Å². The van der Waals surface area contributed by atoms with Gasteiger partial charge in [-0.05, 0) is 97.8 Å². The van der Waals surface area contributed by atoms with Crippen LogP contribution in [0.2, 0.25) is 0 Å². The largest absolute Gasteiger partial charge is 0.508 e. The molecule has 4 nitrogen and oxygen atoms in total. The second-order valence-electron chi connectivity index (χ2n) is 16.5. The Balaban J connectivity index is 1.27. The lowest BCUT2D eigenvalue weighted by atomic mass is 9.51. The molecule has 1 aromatic rings. The molecule has 0 heterocycles. The first-order valence-electron chi connectivity index (χ1n) is 20.7. The molecule has 0 radical (unpaired) electrons. The van der Waals surface area contributed by atoms with Crippen molar-refractivity contribution in [1.82, 2.24) is 4.90 Å². The molecule has 0 bridgehead atoms. The van der Waals surface area contributed by atoms with Crippen LogP contribution in [0.3, 0.4) is 0 Å². The first-order valence-corrected chi connectivity index (χ1v) is 20.7. The highest BCUT2D eigenvalue weighted by molar-refractivity contribution is 5.76. The average Bonchev–Trinajstić information content (AvgIpc) is 3.36. The van der Waals surface area contributed by atoms with Crippen LogP contribution in [0.1, 0.15) is 185 Å². The zero-order chi connectivity index (χ0) is 34.4. The fourth-order valence-electron chi connectivity index (χ4n) is 10.1. The molecule has 274 valence electrons. The van der Waals surface area contributed by atoms with E-state index in [4.69, 9.17) is 0 Å².